The number of carboxylic acid groups (broad SMARTS) is 1. The molecule has 3 rings (SSSR count). The van der Waals surface area contributed by atoms with Crippen LogP contribution in [-0.4, -0.2) is 11.1 Å². The zero-order valence-corrected chi connectivity index (χ0v) is 10.5. The first kappa shape index (κ1) is 12.2. The molecule has 0 bridgehead atoms. The number of fused-ring (bicyclic) bond motifs is 2. The number of carbonyl (C=O) groups is 1. The van der Waals surface area contributed by atoms with Crippen LogP contribution in [0.4, 0.5) is 0 Å². The van der Waals surface area contributed by atoms with Crippen molar-refractivity contribution in [3.63, 3.8) is 0 Å². The zero-order chi connectivity index (χ0) is 14.1. The van der Waals surface area contributed by atoms with Gasteiger partial charge in [0.05, 0.1) is 11.6 Å². The minimum absolute atomic E-state index is 0.332. The number of hydrogen-bond donors (Lipinski definition) is 1. The van der Waals surface area contributed by atoms with Gasteiger partial charge < -0.3 is 9.84 Å². The third-order valence-electron chi connectivity index (χ3n) is 3.45. The first-order valence-electron chi connectivity index (χ1n) is 6.18. The molecule has 0 amide bonds. The highest BCUT2D eigenvalue weighted by molar-refractivity contribution is 5.82. The predicted octanol–water partition coefficient (Wildman–Crippen LogP) is 2.67. The number of rotatable bonds is 1. The van der Waals surface area contributed by atoms with Gasteiger partial charge in [-0.3, -0.25) is 4.79 Å². The van der Waals surface area contributed by atoms with Gasteiger partial charge in [0.2, 0.25) is 0 Å². The summed E-state index contributed by atoms with van der Waals surface area (Å²) in [7, 11) is 0. The fraction of sp³-hybridized carbons (Fsp3) is 0.125. The molecule has 1 unspecified atom stereocenters. The highest BCUT2D eigenvalue weighted by Gasteiger charge is 2.30. The number of aliphatic carboxylic acids is 1. The lowest BCUT2D eigenvalue weighted by Gasteiger charge is -2.14. The van der Waals surface area contributed by atoms with Gasteiger partial charge in [-0.15, -0.1) is 0 Å². The van der Waals surface area contributed by atoms with Crippen LogP contribution in [0.1, 0.15) is 28.2 Å². The fourth-order valence-electron chi connectivity index (χ4n) is 2.51. The quantitative estimate of drug-likeness (QED) is 0.860. The molecule has 1 atom stereocenters. The summed E-state index contributed by atoms with van der Waals surface area (Å²) in [6.45, 7) is 0.332. The Labute approximate surface area is 115 Å². The largest absolute Gasteiger partial charge is 0.489 e. The standard InChI is InChI=1S/C16H11NO3/c17-8-10-5-6-14-13(7-10)15(16(18)19)12-4-2-1-3-11(12)9-20-14/h1-7,15H,9H2,(H,18,19). The van der Waals surface area contributed by atoms with E-state index in [4.69, 9.17) is 10.00 Å². The van der Waals surface area contributed by atoms with E-state index in [2.05, 4.69) is 0 Å². The van der Waals surface area contributed by atoms with Crippen molar-refractivity contribution in [1.82, 2.24) is 0 Å². The number of ether oxygens (including phenoxy) is 1. The average molecular weight is 265 g/mol. The topological polar surface area (TPSA) is 70.3 Å². The van der Waals surface area contributed by atoms with Gasteiger partial charge in [0.15, 0.2) is 0 Å². The summed E-state index contributed by atoms with van der Waals surface area (Å²) in [4.78, 5) is 11.7. The van der Waals surface area contributed by atoms with Crippen LogP contribution in [0.15, 0.2) is 42.5 Å². The first-order valence-corrected chi connectivity index (χ1v) is 6.18. The van der Waals surface area contributed by atoms with Crippen molar-refractivity contribution < 1.29 is 14.6 Å². The smallest absolute Gasteiger partial charge is 0.315 e. The van der Waals surface area contributed by atoms with Crippen LogP contribution in [0.25, 0.3) is 0 Å². The molecule has 2 aromatic carbocycles. The van der Waals surface area contributed by atoms with Gasteiger partial charge in [-0.2, -0.15) is 5.26 Å². The Bertz CT molecular complexity index is 731. The maximum atomic E-state index is 11.7. The molecule has 2 aromatic rings. The third-order valence-corrected chi connectivity index (χ3v) is 3.45. The molecule has 4 heteroatoms. The van der Waals surface area contributed by atoms with Gasteiger partial charge in [-0.25, -0.2) is 0 Å². The number of benzene rings is 2. The van der Waals surface area contributed by atoms with Crippen molar-refractivity contribution >= 4 is 5.97 Å². The Morgan fingerprint density at radius 2 is 2.05 bits per heavy atom. The van der Waals surface area contributed by atoms with E-state index in [0.29, 0.717) is 29.0 Å². The van der Waals surface area contributed by atoms with E-state index in [1.165, 1.54) is 0 Å². The maximum Gasteiger partial charge on any atom is 0.315 e. The van der Waals surface area contributed by atoms with Crippen LogP contribution in [0, 0.1) is 11.3 Å². The van der Waals surface area contributed by atoms with Crippen LogP contribution >= 0.6 is 0 Å². The molecule has 0 fully saturated rings. The van der Waals surface area contributed by atoms with Crippen molar-refractivity contribution in [3.05, 3.63) is 64.7 Å². The van der Waals surface area contributed by atoms with Crippen molar-refractivity contribution in [2.24, 2.45) is 0 Å². The zero-order valence-electron chi connectivity index (χ0n) is 10.5. The molecule has 0 saturated heterocycles. The summed E-state index contributed by atoms with van der Waals surface area (Å²) in [5.41, 5.74) is 2.53. The van der Waals surface area contributed by atoms with Crippen molar-refractivity contribution in [2.75, 3.05) is 0 Å². The van der Waals surface area contributed by atoms with E-state index >= 15 is 0 Å². The van der Waals surface area contributed by atoms with Crippen LogP contribution in [0.2, 0.25) is 0 Å². The lowest BCUT2D eigenvalue weighted by molar-refractivity contribution is -0.137. The Balaban J connectivity index is 2.26. The van der Waals surface area contributed by atoms with Gasteiger partial charge in [0, 0.05) is 5.56 Å². The van der Waals surface area contributed by atoms with Crippen molar-refractivity contribution in [2.45, 2.75) is 12.5 Å². The Morgan fingerprint density at radius 3 is 2.80 bits per heavy atom. The molecule has 1 aliphatic heterocycles. The highest BCUT2D eigenvalue weighted by atomic mass is 16.5. The summed E-state index contributed by atoms with van der Waals surface area (Å²) in [6.07, 6.45) is 0. The van der Waals surface area contributed by atoms with Gasteiger partial charge in [-0.05, 0) is 29.3 Å². The molecule has 1 N–H and O–H groups in total. The molecule has 0 aliphatic carbocycles. The van der Waals surface area contributed by atoms with E-state index in [0.717, 1.165) is 5.56 Å². The maximum absolute atomic E-state index is 11.7. The monoisotopic (exact) mass is 265 g/mol. The minimum Gasteiger partial charge on any atom is -0.489 e. The van der Waals surface area contributed by atoms with E-state index in [1.807, 2.05) is 24.3 Å². The van der Waals surface area contributed by atoms with Crippen LogP contribution in [0.5, 0.6) is 5.75 Å². The van der Waals surface area contributed by atoms with E-state index in [9.17, 15) is 9.90 Å². The van der Waals surface area contributed by atoms with Crippen LogP contribution in [-0.2, 0) is 11.4 Å². The molecule has 1 heterocycles. The molecule has 0 spiro atoms. The first-order chi connectivity index (χ1) is 9.70. The van der Waals surface area contributed by atoms with Gasteiger partial charge >= 0.3 is 5.97 Å². The second-order valence-corrected chi connectivity index (χ2v) is 4.62. The Kier molecular flexibility index (Phi) is 2.88. The van der Waals surface area contributed by atoms with E-state index in [1.54, 1.807) is 24.3 Å². The lowest BCUT2D eigenvalue weighted by Crippen LogP contribution is -2.14. The Hall–Kier alpha value is -2.80. The second kappa shape index (κ2) is 4.71. The lowest BCUT2D eigenvalue weighted by atomic mass is 9.88. The third kappa shape index (κ3) is 1.90. The molecular formula is C16H11NO3. The van der Waals surface area contributed by atoms with Gasteiger partial charge in [0.1, 0.15) is 18.3 Å². The normalized spacial score (nSPS) is 16.1. The number of nitrogens with zero attached hydrogens (tertiary/aromatic N) is 1. The highest BCUT2D eigenvalue weighted by Crippen LogP contribution is 2.37. The van der Waals surface area contributed by atoms with Crippen LogP contribution < -0.4 is 4.74 Å². The molecule has 0 aromatic heterocycles. The molecule has 4 nitrogen and oxygen atoms in total. The Morgan fingerprint density at radius 1 is 1.25 bits per heavy atom. The predicted molar refractivity (Wildman–Crippen MR) is 71.4 cm³/mol. The van der Waals surface area contributed by atoms with E-state index in [-0.39, 0.29) is 0 Å². The van der Waals surface area contributed by atoms with Crippen LogP contribution in [0.3, 0.4) is 0 Å². The molecule has 0 radical (unpaired) electrons. The molecule has 98 valence electrons. The summed E-state index contributed by atoms with van der Waals surface area (Å²) in [6, 6.07) is 14.3. The molecule has 20 heavy (non-hydrogen) atoms. The number of nitriles is 1. The van der Waals surface area contributed by atoms with E-state index < -0.39 is 11.9 Å². The summed E-state index contributed by atoms with van der Waals surface area (Å²) < 4.78 is 5.68. The van der Waals surface area contributed by atoms with Gasteiger partial charge in [0.25, 0.3) is 0 Å². The fourth-order valence-corrected chi connectivity index (χ4v) is 2.51. The summed E-state index contributed by atoms with van der Waals surface area (Å²) >= 11 is 0. The molecule has 1 aliphatic rings. The molecular weight excluding hydrogens is 254 g/mol. The average Bonchev–Trinajstić information content (AvgIpc) is 2.62. The van der Waals surface area contributed by atoms with Crippen molar-refractivity contribution in [1.29, 1.82) is 5.26 Å². The van der Waals surface area contributed by atoms with Crippen molar-refractivity contribution in [3.8, 4) is 11.8 Å². The SMILES string of the molecule is N#Cc1ccc2c(c1)C(C(=O)O)c1ccccc1CO2. The minimum atomic E-state index is -0.945. The number of carboxylic acids is 1. The molecule has 0 saturated carbocycles. The number of hydrogen-bond acceptors (Lipinski definition) is 3. The van der Waals surface area contributed by atoms with Gasteiger partial charge in [-0.1, -0.05) is 24.3 Å². The second-order valence-electron chi connectivity index (χ2n) is 4.62. The summed E-state index contributed by atoms with van der Waals surface area (Å²) in [5, 5.41) is 18.6. The summed E-state index contributed by atoms with van der Waals surface area (Å²) in [5.74, 6) is -1.23.